The first-order chi connectivity index (χ1) is 7.45. The highest BCUT2D eigenvalue weighted by Crippen LogP contribution is 2.22. The molecule has 90 valence electrons. The van der Waals surface area contributed by atoms with Crippen LogP contribution < -0.4 is 5.32 Å². The summed E-state index contributed by atoms with van der Waals surface area (Å²) in [6.07, 6.45) is 7.20. The summed E-state index contributed by atoms with van der Waals surface area (Å²) in [5.41, 5.74) is 1.40. The minimum absolute atomic E-state index is 0. The van der Waals surface area contributed by atoms with E-state index in [1.165, 1.54) is 44.2 Å². The predicted octanol–water partition coefficient (Wildman–Crippen LogP) is 3.78. The molecule has 1 nitrogen and oxygen atoms in total. The second-order valence-corrected chi connectivity index (χ2v) is 4.62. The number of hydrogen-bond donors (Lipinski definition) is 1. The van der Waals surface area contributed by atoms with Gasteiger partial charge in [-0.1, -0.05) is 49.6 Å². The van der Waals surface area contributed by atoms with Crippen molar-refractivity contribution in [1.29, 1.82) is 0 Å². The number of rotatable bonds is 4. The molecule has 1 aliphatic rings. The van der Waals surface area contributed by atoms with Gasteiger partial charge in [0, 0.05) is 6.54 Å². The molecule has 1 aromatic carbocycles. The second-order valence-electron chi connectivity index (χ2n) is 4.62. The van der Waals surface area contributed by atoms with Crippen molar-refractivity contribution in [2.24, 2.45) is 5.92 Å². The molecule has 0 radical (unpaired) electrons. The lowest BCUT2D eigenvalue weighted by Crippen LogP contribution is -2.24. The van der Waals surface area contributed by atoms with E-state index < -0.39 is 0 Å². The van der Waals surface area contributed by atoms with Crippen LogP contribution in [0, 0.1) is 5.92 Å². The van der Waals surface area contributed by atoms with Crippen LogP contribution in [0.1, 0.15) is 37.7 Å². The standard InChI is InChI=1S/C14H21N.ClH/c1-3-7-13(8-4-1)11-15-12-14-9-5-2-6-10-14;/h1,3-4,7-8,14-15H,2,5-6,9-12H2;1H. The maximum Gasteiger partial charge on any atom is 0.0205 e. The molecule has 0 bridgehead atoms. The Morgan fingerprint density at radius 3 is 2.38 bits per heavy atom. The molecule has 0 aliphatic heterocycles. The molecule has 2 heteroatoms. The Morgan fingerprint density at radius 1 is 1.00 bits per heavy atom. The fourth-order valence-electron chi connectivity index (χ4n) is 2.41. The van der Waals surface area contributed by atoms with Crippen molar-refractivity contribution in [2.75, 3.05) is 6.54 Å². The largest absolute Gasteiger partial charge is 0.312 e. The van der Waals surface area contributed by atoms with Gasteiger partial charge >= 0.3 is 0 Å². The van der Waals surface area contributed by atoms with Gasteiger partial charge in [-0.2, -0.15) is 0 Å². The molecule has 1 fully saturated rings. The lowest BCUT2D eigenvalue weighted by atomic mass is 9.89. The summed E-state index contributed by atoms with van der Waals surface area (Å²) in [4.78, 5) is 0. The van der Waals surface area contributed by atoms with E-state index in [-0.39, 0.29) is 12.4 Å². The summed E-state index contributed by atoms with van der Waals surface area (Å²) in [5.74, 6) is 0.933. The van der Waals surface area contributed by atoms with Crippen molar-refractivity contribution in [3.05, 3.63) is 35.9 Å². The Balaban J connectivity index is 0.00000128. The molecular formula is C14H22ClN. The van der Waals surface area contributed by atoms with Gasteiger partial charge in [0.05, 0.1) is 0 Å². The highest BCUT2D eigenvalue weighted by Gasteiger charge is 2.12. The third-order valence-corrected chi connectivity index (χ3v) is 3.33. The maximum absolute atomic E-state index is 3.57. The van der Waals surface area contributed by atoms with E-state index in [2.05, 4.69) is 35.6 Å². The Hall–Kier alpha value is -0.530. The lowest BCUT2D eigenvalue weighted by molar-refractivity contribution is 0.342. The van der Waals surface area contributed by atoms with Crippen LogP contribution >= 0.6 is 12.4 Å². The van der Waals surface area contributed by atoms with Gasteiger partial charge in [-0.15, -0.1) is 12.4 Å². The van der Waals surface area contributed by atoms with Gasteiger partial charge in [0.2, 0.25) is 0 Å². The van der Waals surface area contributed by atoms with Crippen LogP contribution in [-0.2, 0) is 6.54 Å². The summed E-state index contributed by atoms with van der Waals surface area (Å²) in [6.45, 7) is 2.23. The topological polar surface area (TPSA) is 12.0 Å². The number of nitrogens with one attached hydrogen (secondary N) is 1. The zero-order valence-corrected chi connectivity index (χ0v) is 10.6. The molecule has 0 unspecified atom stereocenters. The molecule has 0 amide bonds. The molecule has 1 saturated carbocycles. The summed E-state index contributed by atoms with van der Waals surface area (Å²) in [5, 5.41) is 3.57. The van der Waals surface area contributed by atoms with Crippen molar-refractivity contribution < 1.29 is 0 Å². The first kappa shape index (κ1) is 13.5. The summed E-state index contributed by atoms with van der Waals surface area (Å²) < 4.78 is 0. The van der Waals surface area contributed by atoms with E-state index in [1.54, 1.807) is 0 Å². The van der Waals surface area contributed by atoms with E-state index >= 15 is 0 Å². The Bertz CT molecular complexity index is 267. The van der Waals surface area contributed by atoms with Gasteiger partial charge < -0.3 is 5.32 Å². The van der Waals surface area contributed by atoms with Crippen molar-refractivity contribution in [3.63, 3.8) is 0 Å². The minimum atomic E-state index is 0. The molecule has 2 rings (SSSR count). The molecule has 1 aliphatic carbocycles. The quantitative estimate of drug-likeness (QED) is 0.843. The SMILES string of the molecule is Cl.c1ccc(CNCC2CCCCC2)cc1. The van der Waals surface area contributed by atoms with Gasteiger partial charge in [0.15, 0.2) is 0 Å². The van der Waals surface area contributed by atoms with Crippen LogP contribution in [0.15, 0.2) is 30.3 Å². The van der Waals surface area contributed by atoms with E-state index in [9.17, 15) is 0 Å². The summed E-state index contributed by atoms with van der Waals surface area (Å²) in [6, 6.07) is 10.7. The van der Waals surface area contributed by atoms with Crippen LogP contribution in [0.4, 0.5) is 0 Å². The predicted molar refractivity (Wildman–Crippen MR) is 72.0 cm³/mol. The zero-order valence-electron chi connectivity index (χ0n) is 9.82. The summed E-state index contributed by atoms with van der Waals surface area (Å²) >= 11 is 0. The highest BCUT2D eigenvalue weighted by molar-refractivity contribution is 5.85. The molecule has 1 aromatic rings. The monoisotopic (exact) mass is 239 g/mol. The van der Waals surface area contributed by atoms with E-state index in [0.29, 0.717) is 0 Å². The fraction of sp³-hybridized carbons (Fsp3) is 0.571. The van der Waals surface area contributed by atoms with Crippen molar-refractivity contribution >= 4 is 12.4 Å². The van der Waals surface area contributed by atoms with E-state index in [0.717, 1.165) is 12.5 Å². The average Bonchev–Trinajstić information content (AvgIpc) is 2.32. The second kappa shape index (κ2) is 7.70. The lowest BCUT2D eigenvalue weighted by Gasteiger charge is -2.21. The maximum atomic E-state index is 3.57. The molecule has 0 atom stereocenters. The van der Waals surface area contributed by atoms with Crippen LogP contribution in [-0.4, -0.2) is 6.54 Å². The van der Waals surface area contributed by atoms with Gasteiger partial charge in [-0.3, -0.25) is 0 Å². The Labute approximate surface area is 105 Å². The van der Waals surface area contributed by atoms with Crippen LogP contribution in [0.5, 0.6) is 0 Å². The van der Waals surface area contributed by atoms with Crippen molar-refractivity contribution in [3.8, 4) is 0 Å². The van der Waals surface area contributed by atoms with Gasteiger partial charge in [0.1, 0.15) is 0 Å². The van der Waals surface area contributed by atoms with Gasteiger partial charge in [-0.05, 0) is 30.9 Å². The Kier molecular flexibility index (Phi) is 6.51. The smallest absolute Gasteiger partial charge is 0.0205 e. The number of halogens is 1. The van der Waals surface area contributed by atoms with Gasteiger partial charge in [-0.25, -0.2) is 0 Å². The third kappa shape index (κ3) is 4.54. The summed E-state index contributed by atoms with van der Waals surface area (Å²) in [7, 11) is 0. The van der Waals surface area contributed by atoms with E-state index in [1.807, 2.05) is 0 Å². The van der Waals surface area contributed by atoms with Crippen LogP contribution in [0.3, 0.4) is 0 Å². The molecular weight excluding hydrogens is 218 g/mol. The molecule has 0 spiro atoms. The van der Waals surface area contributed by atoms with Crippen LogP contribution in [0.25, 0.3) is 0 Å². The molecule has 1 N–H and O–H groups in total. The van der Waals surface area contributed by atoms with Crippen molar-refractivity contribution in [1.82, 2.24) is 5.32 Å². The first-order valence-electron chi connectivity index (χ1n) is 6.20. The van der Waals surface area contributed by atoms with Crippen LogP contribution in [0.2, 0.25) is 0 Å². The zero-order chi connectivity index (χ0) is 10.3. The minimum Gasteiger partial charge on any atom is -0.312 e. The average molecular weight is 240 g/mol. The number of hydrogen-bond acceptors (Lipinski definition) is 1. The molecule has 0 saturated heterocycles. The normalized spacial score (nSPS) is 16.8. The van der Waals surface area contributed by atoms with E-state index in [4.69, 9.17) is 0 Å². The van der Waals surface area contributed by atoms with Crippen molar-refractivity contribution in [2.45, 2.75) is 38.6 Å². The molecule has 16 heavy (non-hydrogen) atoms. The molecule has 0 aromatic heterocycles. The Morgan fingerprint density at radius 2 is 1.69 bits per heavy atom. The fourth-order valence-corrected chi connectivity index (χ4v) is 2.41. The number of benzene rings is 1. The first-order valence-corrected chi connectivity index (χ1v) is 6.20. The van der Waals surface area contributed by atoms with Gasteiger partial charge in [0.25, 0.3) is 0 Å². The highest BCUT2D eigenvalue weighted by atomic mass is 35.5. The third-order valence-electron chi connectivity index (χ3n) is 3.33. The molecule has 0 heterocycles.